The average Bonchev–Trinajstić information content (AvgIpc) is 2.88. The monoisotopic (exact) mass is 297 g/mol. The molecule has 1 aliphatic rings. The summed E-state index contributed by atoms with van der Waals surface area (Å²) in [4.78, 5) is 17.6. The topological polar surface area (TPSA) is 72.5 Å². The van der Waals surface area contributed by atoms with Crippen molar-refractivity contribution in [1.29, 1.82) is 0 Å². The number of aryl methyl sites for hydroxylation is 1. The second kappa shape index (κ2) is 5.93. The molecule has 1 aromatic carbocycles. The van der Waals surface area contributed by atoms with Gasteiger partial charge in [0.25, 0.3) is 5.91 Å². The van der Waals surface area contributed by atoms with E-state index in [-0.39, 0.29) is 11.0 Å². The number of carbonyl (C=O) groups excluding carboxylic acids is 1. The van der Waals surface area contributed by atoms with Gasteiger partial charge in [-0.1, -0.05) is 18.9 Å². The van der Waals surface area contributed by atoms with Crippen LogP contribution in [-0.4, -0.2) is 26.7 Å². The van der Waals surface area contributed by atoms with Gasteiger partial charge in [-0.2, -0.15) is 0 Å². The van der Waals surface area contributed by atoms with Gasteiger partial charge in [-0.25, -0.2) is 13.9 Å². The van der Waals surface area contributed by atoms with E-state index in [2.05, 4.69) is 5.48 Å². The molecule has 110 valence electrons. The highest BCUT2D eigenvalue weighted by molar-refractivity contribution is 7.90. The van der Waals surface area contributed by atoms with Crippen molar-refractivity contribution in [3.05, 3.63) is 29.3 Å². The maximum Gasteiger partial charge on any atom is 0.275 e. The number of rotatable bonds is 4. The number of benzene rings is 1. The molecule has 0 aliphatic heterocycles. The third-order valence-electron chi connectivity index (χ3n) is 3.50. The van der Waals surface area contributed by atoms with E-state index in [4.69, 9.17) is 4.84 Å². The van der Waals surface area contributed by atoms with Crippen LogP contribution in [0.5, 0.6) is 0 Å². The molecule has 0 unspecified atom stereocenters. The Morgan fingerprint density at radius 1 is 1.30 bits per heavy atom. The standard InChI is InChI=1S/C14H19NO4S/c1-10-7-8-12(20(2,17)18)9-13(10)14(16)15-19-11-5-3-4-6-11/h7-9,11H,3-6H2,1-2H3,(H,15,16). The molecule has 1 saturated carbocycles. The third-order valence-corrected chi connectivity index (χ3v) is 4.61. The second-order valence-electron chi connectivity index (χ2n) is 5.20. The lowest BCUT2D eigenvalue weighted by atomic mass is 10.1. The van der Waals surface area contributed by atoms with Gasteiger partial charge in [0, 0.05) is 11.8 Å². The van der Waals surface area contributed by atoms with Gasteiger partial charge < -0.3 is 0 Å². The van der Waals surface area contributed by atoms with E-state index in [0.29, 0.717) is 11.1 Å². The smallest absolute Gasteiger partial charge is 0.270 e. The van der Waals surface area contributed by atoms with Gasteiger partial charge in [0.05, 0.1) is 11.0 Å². The Hall–Kier alpha value is -1.40. The fourth-order valence-electron chi connectivity index (χ4n) is 2.27. The van der Waals surface area contributed by atoms with Crippen molar-refractivity contribution < 1.29 is 18.0 Å². The van der Waals surface area contributed by atoms with E-state index < -0.39 is 15.7 Å². The minimum atomic E-state index is -3.33. The minimum absolute atomic E-state index is 0.0670. The Balaban J connectivity index is 2.12. The number of hydroxylamine groups is 1. The molecule has 0 aromatic heterocycles. The first-order valence-electron chi connectivity index (χ1n) is 6.64. The van der Waals surface area contributed by atoms with Crippen LogP contribution >= 0.6 is 0 Å². The molecule has 6 heteroatoms. The highest BCUT2D eigenvalue weighted by Crippen LogP contribution is 2.20. The van der Waals surface area contributed by atoms with Crippen molar-refractivity contribution in [3.63, 3.8) is 0 Å². The lowest BCUT2D eigenvalue weighted by molar-refractivity contribution is -0.0125. The molecule has 0 radical (unpaired) electrons. The molecule has 20 heavy (non-hydrogen) atoms. The van der Waals surface area contributed by atoms with Crippen LogP contribution in [0.15, 0.2) is 23.1 Å². The first-order valence-corrected chi connectivity index (χ1v) is 8.54. The molecule has 0 heterocycles. The van der Waals surface area contributed by atoms with Crippen LogP contribution in [0, 0.1) is 6.92 Å². The van der Waals surface area contributed by atoms with Crippen molar-refractivity contribution in [2.45, 2.75) is 43.6 Å². The van der Waals surface area contributed by atoms with Crippen LogP contribution < -0.4 is 5.48 Å². The summed E-state index contributed by atoms with van der Waals surface area (Å²) in [6.07, 6.45) is 5.31. The van der Waals surface area contributed by atoms with Gasteiger partial charge in [-0.05, 0) is 37.5 Å². The van der Waals surface area contributed by atoms with Gasteiger partial charge in [0.1, 0.15) is 0 Å². The van der Waals surface area contributed by atoms with Crippen LogP contribution in [0.4, 0.5) is 0 Å². The zero-order valence-electron chi connectivity index (χ0n) is 11.7. The molecular weight excluding hydrogens is 278 g/mol. The molecule has 0 saturated heterocycles. The molecule has 5 nitrogen and oxygen atoms in total. The SMILES string of the molecule is Cc1ccc(S(C)(=O)=O)cc1C(=O)NOC1CCCC1. The number of sulfone groups is 1. The Morgan fingerprint density at radius 3 is 2.55 bits per heavy atom. The predicted molar refractivity (Wildman–Crippen MR) is 75.1 cm³/mol. The van der Waals surface area contributed by atoms with Gasteiger partial charge in [0.15, 0.2) is 9.84 Å². The van der Waals surface area contributed by atoms with Crippen molar-refractivity contribution in [1.82, 2.24) is 5.48 Å². The van der Waals surface area contributed by atoms with Gasteiger partial charge in [0.2, 0.25) is 0 Å². The number of carbonyl (C=O) groups is 1. The van der Waals surface area contributed by atoms with E-state index in [1.54, 1.807) is 13.0 Å². The number of nitrogens with one attached hydrogen (secondary N) is 1. The van der Waals surface area contributed by atoms with Crippen molar-refractivity contribution in [3.8, 4) is 0 Å². The zero-order chi connectivity index (χ0) is 14.8. The lowest BCUT2D eigenvalue weighted by Gasteiger charge is -2.13. The van der Waals surface area contributed by atoms with E-state index in [0.717, 1.165) is 31.9 Å². The van der Waals surface area contributed by atoms with Crippen LogP contribution in [0.3, 0.4) is 0 Å². The Bertz CT molecular complexity index is 604. The van der Waals surface area contributed by atoms with Crippen molar-refractivity contribution in [2.75, 3.05) is 6.26 Å². The fourth-order valence-corrected chi connectivity index (χ4v) is 2.92. The highest BCUT2D eigenvalue weighted by atomic mass is 32.2. The summed E-state index contributed by atoms with van der Waals surface area (Å²) >= 11 is 0. The van der Waals surface area contributed by atoms with E-state index in [9.17, 15) is 13.2 Å². The van der Waals surface area contributed by atoms with Crippen LogP contribution in [0.1, 0.15) is 41.6 Å². The summed E-state index contributed by atoms with van der Waals surface area (Å²) in [5, 5.41) is 0. The highest BCUT2D eigenvalue weighted by Gasteiger charge is 2.19. The van der Waals surface area contributed by atoms with Crippen LogP contribution in [0.2, 0.25) is 0 Å². The number of amides is 1. The summed E-state index contributed by atoms with van der Waals surface area (Å²) in [5.74, 6) is -0.403. The fraction of sp³-hybridized carbons (Fsp3) is 0.500. The lowest BCUT2D eigenvalue weighted by Crippen LogP contribution is -2.29. The molecule has 0 bridgehead atoms. The van der Waals surface area contributed by atoms with Crippen LogP contribution in [0.25, 0.3) is 0 Å². The van der Waals surface area contributed by atoms with Gasteiger partial charge >= 0.3 is 0 Å². The Morgan fingerprint density at radius 2 is 1.95 bits per heavy atom. The average molecular weight is 297 g/mol. The summed E-state index contributed by atoms with van der Waals surface area (Å²) < 4.78 is 23.0. The summed E-state index contributed by atoms with van der Waals surface area (Å²) in [6.45, 7) is 1.76. The second-order valence-corrected chi connectivity index (χ2v) is 7.22. The van der Waals surface area contributed by atoms with Gasteiger partial charge in [-0.3, -0.25) is 9.63 Å². The molecule has 1 aliphatic carbocycles. The maximum atomic E-state index is 12.1. The largest absolute Gasteiger partial charge is 0.275 e. The summed E-state index contributed by atoms with van der Waals surface area (Å²) in [5.41, 5.74) is 3.46. The molecule has 1 fully saturated rings. The molecule has 2 rings (SSSR count). The van der Waals surface area contributed by atoms with Crippen molar-refractivity contribution in [2.24, 2.45) is 0 Å². The van der Waals surface area contributed by atoms with E-state index >= 15 is 0 Å². The Kier molecular flexibility index (Phi) is 4.45. The van der Waals surface area contributed by atoms with Gasteiger partial charge in [-0.15, -0.1) is 0 Å². The van der Waals surface area contributed by atoms with Crippen molar-refractivity contribution >= 4 is 15.7 Å². The third kappa shape index (κ3) is 3.58. The Labute approximate surface area is 119 Å². The normalized spacial score (nSPS) is 16.3. The van der Waals surface area contributed by atoms with Crippen LogP contribution in [-0.2, 0) is 14.7 Å². The van der Waals surface area contributed by atoms with E-state index in [1.165, 1.54) is 12.1 Å². The first kappa shape index (κ1) is 15.0. The molecular formula is C14H19NO4S. The zero-order valence-corrected chi connectivity index (χ0v) is 12.5. The number of hydrogen-bond donors (Lipinski definition) is 1. The number of hydrogen-bond acceptors (Lipinski definition) is 4. The minimum Gasteiger partial charge on any atom is -0.270 e. The molecule has 1 N–H and O–H groups in total. The first-order chi connectivity index (χ1) is 9.38. The van der Waals surface area contributed by atoms with E-state index in [1.807, 2.05) is 0 Å². The summed E-state index contributed by atoms with van der Waals surface area (Å²) in [7, 11) is -3.33. The molecule has 0 atom stereocenters. The summed E-state index contributed by atoms with van der Waals surface area (Å²) in [6, 6.07) is 4.51. The molecule has 1 aromatic rings. The maximum absolute atomic E-state index is 12.1. The quantitative estimate of drug-likeness (QED) is 0.863. The molecule has 0 spiro atoms. The molecule has 1 amide bonds. The predicted octanol–water partition coefficient (Wildman–Crippen LogP) is 2.00.